The van der Waals surface area contributed by atoms with E-state index in [2.05, 4.69) is 5.16 Å². The van der Waals surface area contributed by atoms with Gasteiger partial charge in [-0.3, -0.25) is 9.59 Å². The van der Waals surface area contributed by atoms with E-state index in [1.807, 2.05) is 0 Å². The summed E-state index contributed by atoms with van der Waals surface area (Å²) in [5.74, 6) is -1.25. The molecule has 0 radical (unpaired) electrons. The first-order chi connectivity index (χ1) is 7.68. The molecule has 5 heteroatoms. The summed E-state index contributed by atoms with van der Waals surface area (Å²) in [6.07, 6.45) is 5.07. The van der Waals surface area contributed by atoms with E-state index >= 15 is 0 Å². The van der Waals surface area contributed by atoms with Crippen molar-refractivity contribution in [3.63, 3.8) is 0 Å². The van der Waals surface area contributed by atoms with Gasteiger partial charge in [-0.15, -0.1) is 0 Å². The van der Waals surface area contributed by atoms with Crippen LogP contribution >= 0.6 is 0 Å². The fourth-order valence-electron chi connectivity index (χ4n) is 2.47. The van der Waals surface area contributed by atoms with E-state index in [0.29, 0.717) is 0 Å². The summed E-state index contributed by atoms with van der Waals surface area (Å²) in [6, 6.07) is 1.24. The summed E-state index contributed by atoms with van der Waals surface area (Å²) in [6.45, 7) is 0. The van der Waals surface area contributed by atoms with Gasteiger partial charge in [0.2, 0.25) is 0 Å². The monoisotopic (exact) mass is 225 g/mol. The standard InChI is InChI=1S/C11H15NO4/c13-9-6-8(16-12-9)10(11(14)15)7-4-2-1-3-5-7/h6-7,10H,1-5H2,(H,12,13)(H,14,15). The molecule has 1 aromatic rings. The highest BCUT2D eigenvalue weighted by Gasteiger charge is 2.33. The largest absolute Gasteiger partial charge is 0.481 e. The number of nitrogens with one attached hydrogen (secondary N) is 1. The molecule has 88 valence electrons. The van der Waals surface area contributed by atoms with Crippen molar-refractivity contribution in [3.8, 4) is 0 Å². The molecule has 1 atom stereocenters. The third kappa shape index (κ3) is 2.18. The Labute approximate surface area is 92.4 Å². The van der Waals surface area contributed by atoms with Gasteiger partial charge in [0.15, 0.2) is 5.76 Å². The molecule has 1 aliphatic rings. The van der Waals surface area contributed by atoms with Crippen molar-refractivity contribution in [2.45, 2.75) is 38.0 Å². The van der Waals surface area contributed by atoms with Gasteiger partial charge in [-0.2, -0.15) is 5.16 Å². The molecule has 1 aliphatic carbocycles. The first kappa shape index (κ1) is 11.0. The van der Waals surface area contributed by atoms with Crippen LogP contribution in [0.1, 0.15) is 43.8 Å². The molecule has 1 fully saturated rings. The average Bonchev–Trinajstić information content (AvgIpc) is 2.66. The Morgan fingerprint density at radius 1 is 1.44 bits per heavy atom. The molecule has 0 amide bonds. The second-order valence-corrected chi connectivity index (χ2v) is 4.33. The second kappa shape index (κ2) is 4.55. The highest BCUT2D eigenvalue weighted by atomic mass is 16.5. The predicted octanol–water partition coefficient (Wildman–Crippen LogP) is 1.72. The van der Waals surface area contributed by atoms with E-state index in [1.54, 1.807) is 0 Å². The van der Waals surface area contributed by atoms with Gasteiger partial charge in [-0.25, -0.2) is 0 Å². The van der Waals surface area contributed by atoms with Crippen molar-refractivity contribution in [2.24, 2.45) is 5.92 Å². The molecule has 1 unspecified atom stereocenters. The number of hydrogen-bond acceptors (Lipinski definition) is 3. The molecule has 1 aromatic heterocycles. The minimum Gasteiger partial charge on any atom is -0.481 e. The molecule has 0 spiro atoms. The number of aromatic nitrogens is 1. The van der Waals surface area contributed by atoms with Crippen LogP contribution in [0.15, 0.2) is 15.4 Å². The Hall–Kier alpha value is -1.52. The summed E-state index contributed by atoms with van der Waals surface area (Å²) < 4.78 is 4.92. The number of carboxylic acid groups (broad SMARTS) is 1. The van der Waals surface area contributed by atoms with E-state index < -0.39 is 11.9 Å². The Balaban J connectivity index is 2.22. The van der Waals surface area contributed by atoms with Crippen LogP contribution in [0.3, 0.4) is 0 Å². The second-order valence-electron chi connectivity index (χ2n) is 4.33. The quantitative estimate of drug-likeness (QED) is 0.820. The van der Waals surface area contributed by atoms with Crippen LogP contribution in [0.4, 0.5) is 0 Å². The zero-order valence-electron chi connectivity index (χ0n) is 8.94. The van der Waals surface area contributed by atoms with Crippen molar-refractivity contribution >= 4 is 5.97 Å². The van der Waals surface area contributed by atoms with E-state index in [9.17, 15) is 14.7 Å². The maximum atomic E-state index is 11.2. The molecule has 2 rings (SSSR count). The normalized spacial score (nSPS) is 19.5. The van der Waals surface area contributed by atoms with Crippen LogP contribution in [-0.2, 0) is 4.79 Å². The number of aromatic amines is 1. The summed E-state index contributed by atoms with van der Waals surface area (Å²) in [5, 5.41) is 11.4. The lowest BCUT2D eigenvalue weighted by Gasteiger charge is -2.25. The third-order valence-electron chi connectivity index (χ3n) is 3.24. The van der Waals surface area contributed by atoms with Crippen molar-refractivity contribution in [1.29, 1.82) is 0 Å². The maximum Gasteiger partial charge on any atom is 0.314 e. The molecule has 5 nitrogen and oxygen atoms in total. The van der Waals surface area contributed by atoms with Gasteiger partial charge in [0.1, 0.15) is 5.92 Å². The molecule has 0 bridgehead atoms. The molecule has 0 aromatic carbocycles. The average molecular weight is 225 g/mol. The molecule has 0 aliphatic heterocycles. The van der Waals surface area contributed by atoms with Crippen LogP contribution < -0.4 is 5.56 Å². The van der Waals surface area contributed by atoms with Crippen molar-refractivity contribution < 1.29 is 14.4 Å². The molecule has 2 N–H and O–H groups in total. The number of hydrogen-bond donors (Lipinski definition) is 2. The van der Waals surface area contributed by atoms with Gasteiger partial charge in [0, 0.05) is 6.07 Å². The molecular formula is C11H15NO4. The summed E-state index contributed by atoms with van der Waals surface area (Å²) >= 11 is 0. The fraction of sp³-hybridized carbons (Fsp3) is 0.636. The fourth-order valence-corrected chi connectivity index (χ4v) is 2.47. The van der Waals surface area contributed by atoms with Crippen molar-refractivity contribution in [2.75, 3.05) is 0 Å². The molecule has 1 saturated carbocycles. The number of H-pyrrole nitrogens is 1. The topological polar surface area (TPSA) is 83.3 Å². The first-order valence-electron chi connectivity index (χ1n) is 5.59. The number of carbonyl (C=O) groups is 1. The van der Waals surface area contributed by atoms with E-state index in [0.717, 1.165) is 25.7 Å². The van der Waals surface area contributed by atoms with Crippen molar-refractivity contribution in [1.82, 2.24) is 5.16 Å². The Morgan fingerprint density at radius 3 is 2.62 bits per heavy atom. The van der Waals surface area contributed by atoms with Crippen molar-refractivity contribution in [3.05, 3.63) is 22.2 Å². The van der Waals surface area contributed by atoms with Crippen LogP contribution in [0.5, 0.6) is 0 Å². The lowest BCUT2D eigenvalue weighted by atomic mass is 9.79. The molecule has 1 heterocycles. The summed E-state index contributed by atoms with van der Waals surface area (Å²) in [5.41, 5.74) is -0.378. The zero-order valence-corrected chi connectivity index (χ0v) is 8.94. The van der Waals surface area contributed by atoms with Gasteiger partial charge >= 0.3 is 5.97 Å². The first-order valence-corrected chi connectivity index (χ1v) is 5.59. The SMILES string of the molecule is O=C(O)C(c1cc(=O)[nH]o1)C1CCCCC1. The van der Waals surface area contributed by atoms with Gasteiger partial charge in [0.05, 0.1) is 0 Å². The lowest BCUT2D eigenvalue weighted by Crippen LogP contribution is -2.23. The Morgan fingerprint density at radius 2 is 2.12 bits per heavy atom. The van der Waals surface area contributed by atoms with Gasteiger partial charge < -0.3 is 9.63 Å². The van der Waals surface area contributed by atoms with Crippen LogP contribution in [-0.4, -0.2) is 16.2 Å². The summed E-state index contributed by atoms with van der Waals surface area (Å²) in [4.78, 5) is 22.2. The molecular weight excluding hydrogens is 210 g/mol. The van der Waals surface area contributed by atoms with Crippen LogP contribution in [0, 0.1) is 5.92 Å². The van der Waals surface area contributed by atoms with E-state index in [-0.39, 0.29) is 17.2 Å². The Kier molecular flexibility index (Phi) is 3.12. The zero-order chi connectivity index (χ0) is 11.5. The number of aliphatic carboxylic acids is 1. The summed E-state index contributed by atoms with van der Waals surface area (Å²) in [7, 11) is 0. The minimum absolute atomic E-state index is 0.0881. The Bertz CT molecular complexity index is 414. The predicted molar refractivity (Wildman–Crippen MR) is 56.3 cm³/mol. The van der Waals surface area contributed by atoms with Crippen LogP contribution in [0.25, 0.3) is 0 Å². The van der Waals surface area contributed by atoms with E-state index in [1.165, 1.54) is 12.5 Å². The number of carboxylic acids is 1. The highest BCUT2D eigenvalue weighted by molar-refractivity contribution is 5.75. The van der Waals surface area contributed by atoms with E-state index in [4.69, 9.17) is 4.52 Å². The lowest BCUT2D eigenvalue weighted by molar-refractivity contribution is -0.141. The minimum atomic E-state index is -0.908. The van der Waals surface area contributed by atoms with Gasteiger partial charge in [-0.1, -0.05) is 19.3 Å². The highest BCUT2D eigenvalue weighted by Crippen LogP contribution is 2.35. The smallest absolute Gasteiger partial charge is 0.314 e. The van der Waals surface area contributed by atoms with Gasteiger partial charge in [0.25, 0.3) is 5.56 Å². The maximum absolute atomic E-state index is 11.2. The third-order valence-corrected chi connectivity index (χ3v) is 3.24. The molecule has 0 saturated heterocycles. The molecule has 16 heavy (non-hydrogen) atoms. The number of rotatable bonds is 3. The van der Waals surface area contributed by atoms with Crippen LogP contribution in [0.2, 0.25) is 0 Å². The van der Waals surface area contributed by atoms with Gasteiger partial charge in [-0.05, 0) is 18.8 Å².